The molecule has 6 heteroatoms. The van der Waals surface area contributed by atoms with E-state index < -0.39 is 0 Å². The number of hydrogen-bond acceptors (Lipinski definition) is 3. The zero-order valence-corrected chi connectivity index (χ0v) is 10.9. The fraction of sp³-hybridized carbons (Fsp3) is 0.400. The van der Waals surface area contributed by atoms with Crippen molar-refractivity contribution in [2.75, 3.05) is 5.73 Å². The number of hydrogen-bond donors (Lipinski definition) is 1. The lowest BCUT2D eigenvalue weighted by Crippen LogP contribution is -2.06. The van der Waals surface area contributed by atoms with Gasteiger partial charge in [-0.1, -0.05) is 6.92 Å². The van der Waals surface area contributed by atoms with Crippen LogP contribution in [0.15, 0.2) is 16.9 Å². The molecular formula is C10H14BrN5. The highest BCUT2D eigenvalue weighted by Crippen LogP contribution is 2.22. The van der Waals surface area contributed by atoms with Crippen LogP contribution in [0, 0.1) is 0 Å². The van der Waals surface area contributed by atoms with E-state index in [-0.39, 0.29) is 0 Å². The number of nitrogen functional groups attached to an aromatic ring is 1. The average molecular weight is 284 g/mol. The van der Waals surface area contributed by atoms with Crippen LogP contribution < -0.4 is 5.73 Å². The molecule has 5 nitrogen and oxygen atoms in total. The Morgan fingerprint density at radius 1 is 1.50 bits per heavy atom. The van der Waals surface area contributed by atoms with Gasteiger partial charge in [0.05, 0.1) is 34.3 Å². The summed E-state index contributed by atoms with van der Waals surface area (Å²) in [5.41, 5.74) is 8.46. The van der Waals surface area contributed by atoms with E-state index in [0.29, 0.717) is 12.2 Å². The molecule has 0 aliphatic carbocycles. The Labute approximate surface area is 102 Å². The van der Waals surface area contributed by atoms with E-state index in [4.69, 9.17) is 5.73 Å². The summed E-state index contributed by atoms with van der Waals surface area (Å²) in [5, 5.41) is 8.59. The molecule has 0 atom stereocenters. The second-order valence-electron chi connectivity index (χ2n) is 3.66. The number of nitrogens with two attached hydrogens (primary N) is 1. The predicted molar refractivity (Wildman–Crippen MR) is 66.0 cm³/mol. The van der Waals surface area contributed by atoms with Crippen molar-refractivity contribution in [3.63, 3.8) is 0 Å². The minimum Gasteiger partial charge on any atom is -0.396 e. The molecule has 0 fully saturated rings. The molecule has 0 amide bonds. The molecule has 0 spiro atoms. The maximum atomic E-state index is 5.62. The third-order valence-electron chi connectivity index (χ3n) is 2.47. The highest BCUT2D eigenvalue weighted by molar-refractivity contribution is 9.10. The Morgan fingerprint density at radius 3 is 2.75 bits per heavy atom. The molecule has 0 aliphatic heterocycles. The Balaban J connectivity index is 2.30. The van der Waals surface area contributed by atoms with Crippen LogP contribution in [0.3, 0.4) is 0 Å². The number of aromatic nitrogens is 4. The minimum atomic E-state index is 0.668. The van der Waals surface area contributed by atoms with E-state index in [1.807, 2.05) is 17.9 Å². The van der Waals surface area contributed by atoms with Gasteiger partial charge in [0.1, 0.15) is 0 Å². The number of nitrogens with zero attached hydrogens (tertiary/aromatic N) is 4. The summed E-state index contributed by atoms with van der Waals surface area (Å²) >= 11 is 3.57. The lowest BCUT2D eigenvalue weighted by atomic mass is 10.3. The van der Waals surface area contributed by atoms with Crippen molar-refractivity contribution in [3.8, 4) is 0 Å². The molecule has 86 valence electrons. The Kier molecular flexibility index (Phi) is 3.00. The van der Waals surface area contributed by atoms with Crippen LogP contribution >= 0.6 is 15.9 Å². The molecule has 0 saturated carbocycles. The fourth-order valence-electron chi connectivity index (χ4n) is 1.61. The summed E-state index contributed by atoms with van der Waals surface area (Å²) in [6.07, 6.45) is 4.37. The molecule has 2 aromatic heterocycles. The van der Waals surface area contributed by atoms with Crippen LogP contribution in [0.5, 0.6) is 0 Å². The molecule has 0 unspecified atom stereocenters. The summed E-state index contributed by atoms with van der Waals surface area (Å²) in [6, 6.07) is 0. The van der Waals surface area contributed by atoms with Gasteiger partial charge in [-0.05, 0) is 22.4 Å². The summed E-state index contributed by atoms with van der Waals surface area (Å²) in [5.74, 6) is 0. The Hall–Kier alpha value is -1.30. The minimum absolute atomic E-state index is 0.668. The first-order valence-corrected chi connectivity index (χ1v) is 5.89. The number of anilines is 1. The van der Waals surface area contributed by atoms with Gasteiger partial charge in [-0.15, -0.1) is 0 Å². The van der Waals surface area contributed by atoms with Gasteiger partial charge in [-0.3, -0.25) is 9.36 Å². The van der Waals surface area contributed by atoms with Gasteiger partial charge in [0, 0.05) is 13.2 Å². The first-order chi connectivity index (χ1) is 7.61. The highest BCUT2D eigenvalue weighted by atomic mass is 79.9. The molecule has 2 aromatic rings. The van der Waals surface area contributed by atoms with Crippen LogP contribution in [0.4, 0.5) is 5.69 Å². The van der Waals surface area contributed by atoms with Gasteiger partial charge < -0.3 is 5.73 Å². The van der Waals surface area contributed by atoms with Crippen LogP contribution in [0.1, 0.15) is 18.3 Å². The number of halogens is 1. The molecule has 0 bridgehead atoms. The first-order valence-electron chi connectivity index (χ1n) is 5.10. The topological polar surface area (TPSA) is 61.7 Å². The molecule has 2 N–H and O–H groups in total. The van der Waals surface area contributed by atoms with E-state index in [9.17, 15) is 0 Å². The fourth-order valence-corrected chi connectivity index (χ4v) is 2.35. The van der Waals surface area contributed by atoms with Crippen LogP contribution in [-0.2, 0) is 20.0 Å². The maximum Gasteiger partial charge on any atom is 0.0840 e. The van der Waals surface area contributed by atoms with Gasteiger partial charge in [0.15, 0.2) is 0 Å². The van der Waals surface area contributed by atoms with Gasteiger partial charge in [0.2, 0.25) is 0 Å². The van der Waals surface area contributed by atoms with E-state index in [1.165, 1.54) is 0 Å². The van der Waals surface area contributed by atoms with Crippen molar-refractivity contribution >= 4 is 21.6 Å². The maximum absolute atomic E-state index is 5.62. The number of rotatable bonds is 3. The smallest absolute Gasteiger partial charge is 0.0840 e. The highest BCUT2D eigenvalue weighted by Gasteiger charge is 2.12. The summed E-state index contributed by atoms with van der Waals surface area (Å²) in [7, 11) is 1.94. The normalized spacial score (nSPS) is 10.9. The van der Waals surface area contributed by atoms with Gasteiger partial charge >= 0.3 is 0 Å². The molecule has 0 aliphatic rings. The SMILES string of the molecule is CCc1nn(C)c(Cn2cc(N)cn2)c1Br. The third-order valence-corrected chi connectivity index (χ3v) is 3.38. The molecule has 2 rings (SSSR count). The largest absolute Gasteiger partial charge is 0.396 e. The van der Waals surface area contributed by atoms with E-state index >= 15 is 0 Å². The van der Waals surface area contributed by atoms with Crippen molar-refractivity contribution < 1.29 is 0 Å². The molecule has 0 saturated heterocycles. The van der Waals surface area contributed by atoms with Gasteiger partial charge in [-0.25, -0.2) is 0 Å². The zero-order chi connectivity index (χ0) is 11.7. The van der Waals surface area contributed by atoms with Crippen molar-refractivity contribution in [2.24, 2.45) is 7.05 Å². The summed E-state index contributed by atoms with van der Waals surface area (Å²) in [6.45, 7) is 2.75. The van der Waals surface area contributed by atoms with Crippen molar-refractivity contribution in [1.82, 2.24) is 19.6 Å². The van der Waals surface area contributed by atoms with E-state index in [2.05, 4.69) is 33.1 Å². The average Bonchev–Trinajstić information content (AvgIpc) is 2.77. The standard InChI is InChI=1S/C10H14BrN5/c1-3-8-10(11)9(15(2)14-8)6-16-5-7(12)4-13-16/h4-5H,3,6,12H2,1-2H3. The molecule has 0 aromatic carbocycles. The first kappa shape index (κ1) is 11.2. The van der Waals surface area contributed by atoms with E-state index in [1.54, 1.807) is 10.9 Å². The van der Waals surface area contributed by atoms with Crippen LogP contribution in [0.25, 0.3) is 0 Å². The summed E-state index contributed by atoms with van der Waals surface area (Å²) < 4.78 is 4.74. The Bertz CT molecular complexity index is 499. The van der Waals surface area contributed by atoms with Crippen LogP contribution in [0.2, 0.25) is 0 Å². The molecular weight excluding hydrogens is 270 g/mol. The molecule has 0 radical (unpaired) electrons. The molecule has 16 heavy (non-hydrogen) atoms. The zero-order valence-electron chi connectivity index (χ0n) is 9.31. The molecule has 2 heterocycles. The van der Waals surface area contributed by atoms with E-state index in [0.717, 1.165) is 22.3 Å². The third kappa shape index (κ3) is 1.97. The van der Waals surface area contributed by atoms with Gasteiger partial charge in [0.25, 0.3) is 0 Å². The lowest BCUT2D eigenvalue weighted by Gasteiger charge is -2.02. The predicted octanol–water partition coefficient (Wildman–Crippen LogP) is 1.57. The van der Waals surface area contributed by atoms with Crippen molar-refractivity contribution in [3.05, 3.63) is 28.3 Å². The summed E-state index contributed by atoms with van der Waals surface area (Å²) in [4.78, 5) is 0. The van der Waals surface area contributed by atoms with Gasteiger partial charge in [-0.2, -0.15) is 10.2 Å². The van der Waals surface area contributed by atoms with Crippen molar-refractivity contribution in [1.29, 1.82) is 0 Å². The quantitative estimate of drug-likeness (QED) is 0.930. The monoisotopic (exact) mass is 283 g/mol. The van der Waals surface area contributed by atoms with Crippen molar-refractivity contribution in [2.45, 2.75) is 19.9 Å². The second-order valence-corrected chi connectivity index (χ2v) is 4.45. The number of aryl methyl sites for hydroxylation is 2. The second kappa shape index (κ2) is 4.29. The Morgan fingerprint density at radius 2 is 2.25 bits per heavy atom. The van der Waals surface area contributed by atoms with Crippen LogP contribution in [-0.4, -0.2) is 19.6 Å². The lowest BCUT2D eigenvalue weighted by molar-refractivity contribution is 0.616.